The first-order chi connectivity index (χ1) is 5.81. The van der Waals surface area contributed by atoms with Crippen LogP contribution in [0, 0.1) is 5.92 Å². The van der Waals surface area contributed by atoms with Gasteiger partial charge in [0.15, 0.2) is 0 Å². The summed E-state index contributed by atoms with van der Waals surface area (Å²) in [6.07, 6.45) is 3.87. The molecule has 1 atom stereocenters. The Morgan fingerprint density at radius 2 is 2.08 bits per heavy atom. The lowest BCUT2D eigenvalue weighted by Gasteiger charge is -2.25. The zero-order chi connectivity index (χ0) is 8.97. The Bertz CT molecular complexity index is 123. The molecule has 1 nitrogen and oxygen atoms in total. The summed E-state index contributed by atoms with van der Waals surface area (Å²) in [5.41, 5.74) is 0. The lowest BCUT2D eigenvalue weighted by Crippen LogP contribution is -2.32. The minimum Gasteiger partial charge on any atom is -0.300 e. The van der Waals surface area contributed by atoms with Crippen LogP contribution in [0.5, 0.6) is 0 Å². The predicted molar refractivity (Wildman–Crippen MR) is 54.8 cm³/mol. The fourth-order valence-corrected chi connectivity index (χ4v) is 2.38. The molecule has 12 heavy (non-hydrogen) atoms. The van der Waals surface area contributed by atoms with Crippen molar-refractivity contribution in [3.8, 4) is 0 Å². The number of hydrogen-bond donors (Lipinski definition) is 0. The molecule has 0 saturated carbocycles. The van der Waals surface area contributed by atoms with Crippen LogP contribution >= 0.6 is 11.6 Å². The minimum atomic E-state index is 0.757. The molecule has 0 aliphatic carbocycles. The van der Waals surface area contributed by atoms with E-state index < -0.39 is 0 Å². The Morgan fingerprint density at radius 1 is 1.42 bits per heavy atom. The summed E-state index contributed by atoms with van der Waals surface area (Å²) in [4.78, 5) is 2.60. The SMILES string of the molecule is CCC(CC)N1CCC(CCl)C1. The first kappa shape index (κ1) is 10.3. The number of likely N-dealkylation sites (tertiary alicyclic amines) is 1. The van der Waals surface area contributed by atoms with Gasteiger partial charge in [-0.15, -0.1) is 11.6 Å². The first-order valence-electron chi connectivity index (χ1n) is 5.11. The Balaban J connectivity index is 2.34. The van der Waals surface area contributed by atoms with Crippen LogP contribution in [0.25, 0.3) is 0 Å². The molecule has 0 amide bonds. The van der Waals surface area contributed by atoms with Crippen LogP contribution in [0.3, 0.4) is 0 Å². The third kappa shape index (κ3) is 2.37. The van der Waals surface area contributed by atoms with Crippen molar-refractivity contribution >= 4 is 11.6 Å². The Labute approximate surface area is 81.1 Å². The molecule has 0 aromatic heterocycles. The molecule has 1 saturated heterocycles. The lowest BCUT2D eigenvalue weighted by atomic mass is 10.1. The quantitative estimate of drug-likeness (QED) is 0.615. The van der Waals surface area contributed by atoms with Gasteiger partial charge in [-0.3, -0.25) is 0 Å². The van der Waals surface area contributed by atoms with Gasteiger partial charge >= 0.3 is 0 Å². The molecule has 1 rings (SSSR count). The summed E-state index contributed by atoms with van der Waals surface area (Å²) in [6.45, 7) is 7.06. The summed E-state index contributed by atoms with van der Waals surface area (Å²) in [7, 11) is 0. The highest BCUT2D eigenvalue weighted by atomic mass is 35.5. The number of halogens is 1. The summed E-state index contributed by atoms with van der Waals surface area (Å²) in [6, 6.07) is 0.804. The molecule has 0 spiro atoms. The molecule has 72 valence electrons. The Hall–Kier alpha value is 0.250. The third-order valence-electron chi connectivity index (χ3n) is 2.99. The monoisotopic (exact) mass is 189 g/mol. The maximum absolute atomic E-state index is 5.84. The van der Waals surface area contributed by atoms with E-state index in [1.54, 1.807) is 0 Å². The van der Waals surface area contributed by atoms with Gasteiger partial charge in [-0.25, -0.2) is 0 Å². The number of alkyl halides is 1. The van der Waals surface area contributed by atoms with Gasteiger partial charge in [0, 0.05) is 18.5 Å². The highest BCUT2D eigenvalue weighted by molar-refractivity contribution is 6.18. The van der Waals surface area contributed by atoms with E-state index in [1.807, 2.05) is 0 Å². The summed E-state index contributed by atoms with van der Waals surface area (Å²) in [5.74, 6) is 1.60. The second-order valence-corrected chi connectivity index (χ2v) is 4.08. The van der Waals surface area contributed by atoms with Crippen LogP contribution in [0.1, 0.15) is 33.1 Å². The second kappa shape index (κ2) is 5.08. The highest BCUT2D eigenvalue weighted by Crippen LogP contribution is 2.21. The third-order valence-corrected chi connectivity index (χ3v) is 3.43. The zero-order valence-corrected chi connectivity index (χ0v) is 8.98. The van der Waals surface area contributed by atoms with Crippen LogP contribution in [0.2, 0.25) is 0 Å². The number of rotatable bonds is 4. The number of nitrogens with zero attached hydrogens (tertiary/aromatic N) is 1. The highest BCUT2D eigenvalue weighted by Gasteiger charge is 2.25. The van der Waals surface area contributed by atoms with Crippen LogP contribution < -0.4 is 0 Å². The van der Waals surface area contributed by atoms with Gasteiger partial charge in [-0.05, 0) is 31.7 Å². The topological polar surface area (TPSA) is 3.24 Å². The van der Waals surface area contributed by atoms with Crippen molar-refractivity contribution in [2.45, 2.75) is 39.2 Å². The normalized spacial score (nSPS) is 25.5. The van der Waals surface area contributed by atoms with Crippen LogP contribution in [-0.2, 0) is 0 Å². The molecule has 0 radical (unpaired) electrons. The lowest BCUT2D eigenvalue weighted by molar-refractivity contribution is 0.224. The van der Waals surface area contributed by atoms with E-state index in [9.17, 15) is 0 Å². The van der Waals surface area contributed by atoms with Crippen LogP contribution in [0.4, 0.5) is 0 Å². The van der Waals surface area contributed by atoms with Crippen molar-refractivity contribution in [2.75, 3.05) is 19.0 Å². The fourth-order valence-electron chi connectivity index (χ4n) is 2.13. The van der Waals surface area contributed by atoms with Gasteiger partial charge in [0.2, 0.25) is 0 Å². The Morgan fingerprint density at radius 3 is 2.50 bits per heavy atom. The molecule has 1 aliphatic heterocycles. The molecule has 1 fully saturated rings. The number of hydrogen-bond acceptors (Lipinski definition) is 1. The van der Waals surface area contributed by atoms with E-state index in [0.29, 0.717) is 0 Å². The van der Waals surface area contributed by atoms with E-state index in [-0.39, 0.29) is 0 Å². The van der Waals surface area contributed by atoms with Gasteiger partial charge < -0.3 is 4.90 Å². The average molecular weight is 190 g/mol. The van der Waals surface area contributed by atoms with Gasteiger partial charge in [0.25, 0.3) is 0 Å². The maximum atomic E-state index is 5.84. The second-order valence-electron chi connectivity index (χ2n) is 3.77. The van der Waals surface area contributed by atoms with E-state index >= 15 is 0 Å². The molecule has 0 aromatic carbocycles. The van der Waals surface area contributed by atoms with Gasteiger partial charge in [0.05, 0.1) is 0 Å². The largest absolute Gasteiger partial charge is 0.300 e. The van der Waals surface area contributed by atoms with Crippen molar-refractivity contribution in [3.63, 3.8) is 0 Å². The van der Waals surface area contributed by atoms with Crippen molar-refractivity contribution in [3.05, 3.63) is 0 Å². The van der Waals surface area contributed by atoms with Gasteiger partial charge in [0.1, 0.15) is 0 Å². The van der Waals surface area contributed by atoms with Crippen molar-refractivity contribution in [2.24, 2.45) is 5.92 Å². The fraction of sp³-hybridized carbons (Fsp3) is 1.00. The Kier molecular flexibility index (Phi) is 4.38. The molecular formula is C10H20ClN. The zero-order valence-electron chi connectivity index (χ0n) is 8.22. The molecule has 0 N–H and O–H groups in total. The molecular weight excluding hydrogens is 170 g/mol. The molecule has 0 bridgehead atoms. The van der Waals surface area contributed by atoms with Crippen molar-refractivity contribution < 1.29 is 0 Å². The smallest absolute Gasteiger partial charge is 0.0264 e. The summed E-state index contributed by atoms with van der Waals surface area (Å²) < 4.78 is 0. The minimum absolute atomic E-state index is 0.757. The van der Waals surface area contributed by atoms with E-state index in [1.165, 1.54) is 32.4 Å². The molecule has 1 heterocycles. The van der Waals surface area contributed by atoms with Crippen molar-refractivity contribution in [1.29, 1.82) is 0 Å². The standard InChI is InChI=1S/C10H20ClN/c1-3-10(4-2)12-6-5-9(7-11)8-12/h9-10H,3-8H2,1-2H3. The van der Waals surface area contributed by atoms with E-state index in [0.717, 1.165) is 17.8 Å². The molecule has 1 aliphatic rings. The van der Waals surface area contributed by atoms with Gasteiger partial charge in [-0.2, -0.15) is 0 Å². The molecule has 0 aromatic rings. The predicted octanol–water partition coefficient (Wildman–Crippen LogP) is 2.74. The molecule has 2 heteroatoms. The maximum Gasteiger partial charge on any atom is 0.0264 e. The van der Waals surface area contributed by atoms with Crippen LogP contribution in [-0.4, -0.2) is 29.9 Å². The first-order valence-corrected chi connectivity index (χ1v) is 5.65. The van der Waals surface area contributed by atoms with E-state index in [2.05, 4.69) is 18.7 Å². The molecule has 1 unspecified atom stereocenters. The average Bonchev–Trinajstić information content (AvgIpc) is 2.55. The van der Waals surface area contributed by atoms with Gasteiger partial charge in [-0.1, -0.05) is 13.8 Å². The van der Waals surface area contributed by atoms with E-state index in [4.69, 9.17) is 11.6 Å². The summed E-state index contributed by atoms with van der Waals surface area (Å²) >= 11 is 5.84. The van der Waals surface area contributed by atoms with Crippen LogP contribution in [0.15, 0.2) is 0 Å². The summed E-state index contributed by atoms with van der Waals surface area (Å²) in [5, 5.41) is 0. The van der Waals surface area contributed by atoms with Crippen molar-refractivity contribution in [1.82, 2.24) is 4.90 Å².